The van der Waals surface area contributed by atoms with Crippen molar-refractivity contribution in [3.05, 3.63) is 77.8 Å². The highest BCUT2D eigenvalue weighted by molar-refractivity contribution is 5.94. The van der Waals surface area contributed by atoms with E-state index in [0.29, 0.717) is 22.8 Å². The second-order valence-corrected chi connectivity index (χ2v) is 5.68. The average molecular weight is 325 g/mol. The van der Waals surface area contributed by atoms with Gasteiger partial charge in [-0.3, -0.25) is 9.36 Å². The number of imidazole rings is 1. The number of carbonyl (C=O) groups is 1. The molecular formula is C18H13F2N3O. The molecule has 0 bridgehead atoms. The molecule has 1 N–H and O–H groups in total. The molecule has 24 heavy (non-hydrogen) atoms. The summed E-state index contributed by atoms with van der Waals surface area (Å²) < 4.78 is 28.4. The zero-order chi connectivity index (χ0) is 16.7. The molecular weight excluding hydrogens is 312 g/mol. The molecule has 6 heteroatoms. The van der Waals surface area contributed by atoms with Crippen molar-refractivity contribution in [3.8, 4) is 5.69 Å². The third kappa shape index (κ3) is 2.46. The van der Waals surface area contributed by atoms with Crippen LogP contribution in [0.5, 0.6) is 0 Å². The number of nitrogens with zero attached hydrogens (tertiary/aromatic N) is 2. The predicted octanol–water partition coefficient (Wildman–Crippen LogP) is 3.62. The van der Waals surface area contributed by atoms with Crippen molar-refractivity contribution in [2.45, 2.75) is 12.3 Å². The fourth-order valence-corrected chi connectivity index (χ4v) is 3.00. The molecule has 1 aromatic heterocycles. The van der Waals surface area contributed by atoms with Crippen LogP contribution >= 0.6 is 0 Å². The Hall–Kier alpha value is -3.02. The lowest BCUT2D eigenvalue weighted by molar-refractivity contribution is -0.116. The van der Waals surface area contributed by atoms with Gasteiger partial charge in [-0.1, -0.05) is 12.1 Å². The molecule has 4 rings (SSSR count). The smallest absolute Gasteiger partial charge is 0.226 e. The van der Waals surface area contributed by atoms with Crippen LogP contribution in [0.3, 0.4) is 0 Å². The van der Waals surface area contributed by atoms with Crippen molar-refractivity contribution in [1.82, 2.24) is 9.55 Å². The maximum Gasteiger partial charge on any atom is 0.226 e. The lowest BCUT2D eigenvalue weighted by Crippen LogP contribution is -2.25. The molecule has 1 atom stereocenters. The third-order valence-corrected chi connectivity index (χ3v) is 4.13. The zero-order valence-corrected chi connectivity index (χ0v) is 12.5. The maximum absolute atomic E-state index is 13.5. The van der Waals surface area contributed by atoms with Crippen LogP contribution in [0.15, 0.2) is 54.9 Å². The van der Waals surface area contributed by atoms with Crippen molar-refractivity contribution in [3.63, 3.8) is 0 Å². The minimum atomic E-state index is -0.349. The van der Waals surface area contributed by atoms with Gasteiger partial charge in [0, 0.05) is 18.0 Å². The summed E-state index contributed by atoms with van der Waals surface area (Å²) in [6.45, 7) is 0. The highest BCUT2D eigenvalue weighted by atomic mass is 19.1. The molecule has 2 aromatic carbocycles. The zero-order valence-electron chi connectivity index (χ0n) is 12.5. The quantitative estimate of drug-likeness (QED) is 0.782. The van der Waals surface area contributed by atoms with Crippen molar-refractivity contribution < 1.29 is 13.6 Å². The van der Waals surface area contributed by atoms with E-state index >= 15 is 0 Å². The molecule has 3 aromatic rings. The van der Waals surface area contributed by atoms with Gasteiger partial charge in [0.15, 0.2) is 0 Å². The topological polar surface area (TPSA) is 46.9 Å². The Balaban J connectivity index is 1.81. The number of benzene rings is 2. The summed E-state index contributed by atoms with van der Waals surface area (Å²) in [5.74, 6) is -0.633. The summed E-state index contributed by atoms with van der Waals surface area (Å²) in [4.78, 5) is 16.5. The van der Waals surface area contributed by atoms with E-state index in [1.54, 1.807) is 35.2 Å². The van der Waals surface area contributed by atoms with E-state index in [4.69, 9.17) is 0 Å². The van der Waals surface area contributed by atoms with Gasteiger partial charge in [-0.25, -0.2) is 13.8 Å². The molecule has 0 unspecified atom stereocenters. The van der Waals surface area contributed by atoms with Crippen LogP contribution in [0.2, 0.25) is 0 Å². The van der Waals surface area contributed by atoms with E-state index in [9.17, 15) is 13.6 Å². The Morgan fingerprint density at radius 3 is 2.62 bits per heavy atom. The standard InChI is InChI=1S/C18H13F2N3O/c19-12-4-6-14(7-5-12)23-10-21-17-15(9-16(24)22-18(17)23)11-2-1-3-13(20)8-11/h1-8,10,15H,9H2,(H,22,24)/t15-/m0/s1. The number of fused-ring (bicyclic) bond motifs is 1. The Bertz CT molecular complexity index is 918. The molecule has 0 saturated carbocycles. The highest BCUT2D eigenvalue weighted by Gasteiger charge is 2.31. The van der Waals surface area contributed by atoms with Gasteiger partial charge in [0.1, 0.15) is 23.8 Å². The van der Waals surface area contributed by atoms with Crippen molar-refractivity contribution in [1.29, 1.82) is 0 Å². The molecule has 0 saturated heterocycles. The number of rotatable bonds is 2. The fraction of sp³-hybridized carbons (Fsp3) is 0.111. The molecule has 1 aliphatic rings. The van der Waals surface area contributed by atoms with E-state index in [1.165, 1.54) is 24.3 Å². The number of halogens is 2. The lowest BCUT2D eigenvalue weighted by Gasteiger charge is -2.23. The molecule has 0 aliphatic carbocycles. The summed E-state index contributed by atoms with van der Waals surface area (Å²) in [5, 5.41) is 2.81. The first-order chi connectivity index (χ1) is 11.6. The second kappa shape index (κ2) is 5.56. The molecule has 0 fully saturated rings. The van der Waals surface area contributed by atoms with E-state index in [2.05, 4.69) is 10.3 Å². The van der Waals surface area contributed by atoms with Crippen LogP contribution in [0.4, 0.5) is 14.6 Å². The van der Waals surface area contributed by atoms with E-state index in [-0.39, 0.29) is 29.9 Å². The number of hydrogen-bond acceptors (Lipinski definition) is 2. The summed E-state index contributed by atoms with van der Waals surface area (Å²) in [7, 11) is 0. The molecule has 120 valence electrons. The van der Waals surface area contributed by atoms with Crippen molar-refractivity contribution in [2.24, 2.45) is 0 Å². The highest BCUT2D eigenvalue weighted by Crippen LogP contribution is 2.37. The first-order valence-corrected chi connectivity index (χ1v) is 7.50. The van der Waals surface area contributed by atoms with E-state index in [0.717, 1.165) is 0 Å². The molecule has 0 radical (unpaired) electrons. The summed E-state index contributed by atoms with van der Waals surface area (Å²) in [6.07, 6.45) is 1.78. The van der Waals surface area contributed by atoms with E-state index in [1.807, 2.05) is 0 Å². The minimum absolute atomic E-state index is 0.166. The van der Waals surface area contributed by atoms with Crippen LogP contribution in [0.1, 0.15) is 23.6 Å². The Kier molecular flexibility index (Phi) is 3.37. The first kappa shape index (κ1) is 14.6. The first-order valence-electron chi connectivity index (χ1n) is 7.50. The van der Waals surface area contributed by atoms with Crippen LogP contribution in [-0.4, -0.2) is 15.5 Å². The van der Waals surface area contributed by atoms with Gasteiger partial charge in [0.25, 0.3) is 0 Å². The summed E-state index contributed by atoms with van der Waals surface area (Å²) >= 11 is 0. The van der Waals surface area contributed by atoms with Crippen LogP contribution in [0.25, 0.3) is 5.69 Å². The summed E-state index contributed by atoms with van der Waals surface area (Å²) in [6, 6.07) is 12.1. The van der Waals surface area contributed by atoms with Crippen LogP contribution in [-0.2, 0) is 4.79 Å². The molecule has 1 aliphatic heterocycles. The lowest BCUT2D eigenvalue weighted by atomic mass is 9.90. The third-order valence-electron chi connectivity index (χ3n) is 4.13. The predicted molar refractivity (Wildman–Crippen MR) is 85.0 cm³/mol. The van der Waals surface area contributed by atoms with Gasteiger partial charge in [0.2, 0.25) is 5.91 Å². The average Bonchev–Trinajstić information content (AvgIpc) is 2.98. The van der Waals surface area contributed by atoms with Gasteiger partial charge in [-0.2, -0.15) is 0 Å². The molecule has 0 spiro atoms. The Morgan fingerprint density at radius 1 is 1.08 bits per heavy atom. The number of nitrogens with one attached hydrogen (secondary N) is 1. The molecule has 2 heterocycles. The number of hydrogen-bond donors (Lipinski definition) is 1. The summed E-state index contributed by atoms with van der Waals surface area (Å²) in [5.41, 5.74) is 2.06. The Labute approximate surface area is 136 Å². The molecule has 1 amide bonds. The minimum Gasteiger partial charge on any atom is -0.310 e. The Morgan fingerprint density at radius 2 is 1.88 bits per heavy atom. The van der Waals surface area contributed by atoms with Gasteiger partial charge in [-0.05, 0) is 42.0 Å². The second-order valence-electron chi connectivity index (χ2n) is 5.68. The number of carbonyl (C=O) groups excluding carboxylic acids is 1. The van der Waals surface area contributed by atoms with Crippen LogP contribution in [0, 0.1) is 11.6 Å². The van der Waals surface area contributed by atoms with Crippen LogP contribution < -0.4 is 5.32 Å². The van der Waals surface area contributed by atoms with Crippen molar-refractivity contribution in [2.75, 3.05) is 5.32 Å². The van der Waals surface area contributed by atoms with E-state index < -0.39 is 0 Å². The number of aromatic nitrogens is 2. The fourth-order valence-electron chi connectivity index (χ4n) is 3.00. The monoisotopic (exact) mass is 325 g/mol. The van der Waals surface area contributed by atoms with Gasteiger partial charge < -0.3 is 5.32 Å². The van der Waals surface area contributed by atoms with Gasteiger partial charge in [-0.15, -0.1) is 0 Å². The maximum atomic E-state index is 13.5. The van der Waals surface area contributed by atoms with Gasteiger partial charge >= 0.3 is 0 Å². The van der Waals surface area contributed by atoms with Crippen molar-refractivity contribution >= 4 is 11.7 Å². The largest absolute Gasteiger partial charge is 0.310 e. The number of amides is 1. The van der Waals surface area contributed by atoms with Gasteiger partial charge in [0.05, 0.1) is 5.69 Å². The molecule has 4 nitrogen and oxygen atoms in total. The number of anilines is 1. The SMILES string of the molecule is O=C1C[C@@H](c2cccc(F)c2)c2ncn(-c3ccc(F)cc3)c2N1. The normalized spacial score (nSPS) is 16.6.